The first kappa shape index (κ1) is 21.3. The summed E-state index contributed by atoms with van der Waals surface area (Å²) in [6.45, 7) is 4.89. The highest BCUT2D eigenvalue weighted by atomic mass is 16.3. The molecule has 5 rings (SSSR count). The molecule has 4 aromatic rings. The number of pyridine rings is 1. The molecule has 0 saturated carbocycles. The monoisotopic (exact) mass is 443 g/mol. The third-order valence-corrected chi connectivity index (χ3v) is 6.49. The van der Waals surface area contributed by atoms with Crippen LogP contribution in [0.5, 0.6) is 5.75 Å². The Bertz CT molecular complexity index is 1250. The minimum Gasteiger partial charge on any atom is -0.508 e. The number of fused-ring (bicyclic) bond motifs is 1. The van der Waals surface area contributed by atoms with Gasteiger partial charge in [0.25, 0.3) is 0 Å². The van der Waals surface area contributed by atoms with Crippen molar-refractivity contribution in [3.8, 4) is 17.0 Å². The number of phenols is 1. The second-order valence-corrected chi connectivity index (χ2v) is 8.89. The van der Waals surface area contributed by atoms with Gasteiger partial charge in [0, 0.05) is 35.7 Å². The summed E-state index contributed by atoms with van der Waals surface area (Å²) in [5.74, 6) is 1.19. The molecule has 1 atom stereocenters. The Morgan fingerprint density at radius 3 is 2.73 bits per heavy atom. The quantitative estimate of drug-likeness (QED) is 0.464. The molecule has 0 aliphatic carbocycles. The van der Waals surface area contributed by atoms with Crippen molar-refractivity contribution in [1.29, 1.82) is 0 Å². The topological polar surface area (TPSA) is 92.0 Å². The number of phenolic OH excluding ortho intramolecular Hbond substituents is 1. The maximum Gasteiger partial charge on any atom is 0.158 e. The Morgan fingerprint density at radius 2 is 1.91 bits per heavy atom. The van der Waals surface area contributed by atoms with Crippen LogP contribution in [0.3, 0.4) is 0 Å². The lowest BCUT2D eigenvalue weighted by Gasteiger charge is -2.29. The van der Waals surface area contributed by atoms with Crippen LogP contribution in [-0.2, 0) is 0 Å². The zero-order valence-electron chi connectivity index (χ0n) is 19.0. The number of benzene rings is 1. The number of para-hydroxylation sites is 1. The molecule has 0 unspecified atom stereocenters. The van der Waals surface area contributed by atoms with Gasteiger partial charge in [-0.05, 0) is 50.7 Å². The van der Waals surface area contributed by atoms with Crippen molar-refractivity contribution in [2.45, 2.75) is 31.7 Å². The van der Waals surface area contributed by atoms with Gasteiger partial charge in [-0.3, -0.25) is 0 Å². The van der Waals surface area contributed by atoms with E-state index in [0.29, 0.717) is 18.3 Å². The summed E-state index contributed by atoms with van der Waals surface area (Å²) in [6, 6.07) is 11.9. The predicted molar refractivity (Wildman–Crippen MR) is 129 cm³/mol. The first-order valence-corrected chi connectivity index (χ1v) is 11.4. The van der Waals surface area contributed by atoms with Crippen LogP contribution in [0.4, 0.5) is 5.82 Å². The number of nitrogens with zero attached hydrogens (tertiary/aromatic N) is 6. The van der Waals surface area contributed by atoms with Crippen LogP contribution in [0.25, 0.3) is 22.3 Å². The minimum atomic E-state index is 0.132. The van der Waals surface area contributed by atoms with Crippen molar-refractivity contribution in [3.05, 3.63) is 60.7 Å². The fourth-order valence-electron chi connectivity index (χ4n) is 4.47. The van der Waals surface area contributed by atoms with Gasteiger partial charge in [-0.15, -0.1) is 0 Å². The van der Waals surface area contributed by atoms with Crippen molar-refractivity contribution in [2.24, 2.45) is 0 Å². The summed E-state index contributed by atoms with van der Waals surface area (Å²) in [4.78, 5) is 15.9. The number of hydrogen-bond acceptors (Lipinski definition) is 7. The maximum atomic E-state index is 10.1. The Hall–Kier alpha value is -3.52. The van der Waals surface area contributed by atoms with Gasteiger partial charge in [0.15, 0.2) is 5.65 Å². The van der Waals surface area contributed by atoms with E-state index in [1.165, 1.54) is 0 Å². The number of anilines is 1. The van der Waals surface area contributed by atoms with Crippen molar-refractivity contribution >= 4 is 16.9 Å². The second-order valence-electron chi connectivity index (χ2n) is 8.89. The van der Waals surface area contributed by atoms with Gasteiger partial charge in [0.05, 0.1) is 17.9 Å². The van der Waals surface area contributed by atoms with Crippen LogP contribution in [0, 0.1) is 0 Å². The molecule has 1 aliphatic rings. The van der Waals surface area contributed by atoms with E-state index in [4.69, 9.17) is 4.98 Å². The summed E-state index contributed by atoms with van der Waals surface area (Å²) in [5.41, 5.74) is 3.58. The van der Waals surface area contributed by atoms with Gasteiger partial charge in [0.2, 0.25) is 0 Å². The molecule has 1 saturated heterocycles. The van der Waals surface area contributed by atoms with Crippen LogP contribution < -0.4 is 5.32 Å². The lowest BCUT2D eigenvalue weighted by Crippen LogP contribution is -2.31. The third-order valence-electron chi connectivity index (χ3n) is 6.49. The zero-order valence-corrected chi connectivity index (χ0v) is 19.0. The van der Waals surface area contributed by atoms with Gasteiger partial charge >= 0.3 is 0 Å². The number of hydrogen-bond donors (Lipinski definition) is 2. The van der Waals surface area contributed by atoms with E-state index in [2.05, 4.69) is 50.0 Å². The summed E-state index contributed by atoms with van der Waals surface area (Å²) in [5, 5.41) is 19.1. The molecule has 1 aliphatic heterocycles. The molecular weight excluding hydrogens is 414 g/mol. The standard InChI is InChI=1S/C25H29N7O/c1-17(21-5-3-4-6-23(21)33)13-26-24-12-22(28-16-29-24)18-11-19-15-30-32(25(19)27-14-18)20-7-9-31(2)10-8-20/h3-6,11-12,14-17,20,33H,7-10,13H2,1-2H3,(H,26,28,29)/t17-/m1/s1. The number of piperidine rings is 1. The van der Waals surface area contributed by atoms with Crippen molar-refractivity contribution < 1.29 is 5.11 Å². The van der Waals surface area contributed by atoms with E-state index in [1.807, 2.05) is 36.7 Å². The van der Waals surface area contributed by atoms with E-state index in [-0.39, 0.29) is 5.92 Å². The highest BCUT2D eigenvalue weighted by molar-refractivity contribution is 5.80. The predicted octanol–water partition coefficient (Wildman–Crippen LogP) is 4.08. The van der Waals surface area contributed by atoms with E-state index >= 15 is 0 Å². The largest absolute Gasteiger partial charge is 0.508 e. The molecule has 0 spiro atoms. The molecular formula is C25H29N7O. The number of aromatic nitrogens is 5. The molecule has 0 radical (unpaired) electrons. The van der Waals surface area contributed by atoms with Crippen molar-refractivity contribution in [1.82, 2.24) is 29.6 Å². The van der Waals surface area contributed by atoms with Gasteiger partial charge in [-0.1, -0.05) is 25.1 Å². The Labute approximate surface area is 193 Å². The Balaban J connectivity index is 1.32. The smallest absolute Gasteiger partial charge is 0.158 e. The van der Waals surface area contributed by atoms with Crippen molar-refractivity contribution in [3.63, 3.8) is 0 Å². The molecule has 8 heteroatoms. The van der Waals surface area contributed by atoms with Gasteiger partial charge in [0.1, 0.15) is 17.9 Å². The van der Waals surface area contributed by atoms with Crippen LogP contribution in [0.2, 0.25) is 0 Å². The van der Waals surface area contributed by atoms with Crippen molar-refractivity contribution in [2.75, 3.05) is 32.0 Å². The van der Waals surface area contributed by atoms with Gasteiger partial charge < -0.3 is 15.3 Å². The second kappa shape index (κ2) is 9.15. The zero-order chi connectivity index (χ0) is 22.8. The molecule has 1 aromatic carbocycles. The summed E-state index contributed by atoms with van der Waals surface area (Å²) < 4.78 is 2.08. The SMILES string of the molecule is C[C@H](CNc1cc(-c2cnc3c(cnn3C3CCN(C)CC3)c2)ncn1)c1ccccc1O. The number of aromatic hydroxyl groups is 1. The molecule has 3 aromatic heterocycles. The van der Waals surface area contributed by atoms with Crippen LogP contribution in [-0.4, -0.2) is 61.4 Å². The third kappa shape index (κ3) is 4.52. The lowest BCUT2D eigenvalue weighted by molar-refractivity contribution is 0.215. The molecule has 4 heterocycles. The summed E-state index contributed by atoms with van der Waals surface area (Å²) in [7, 11) is 2.17. The molecule has 1 fully saturated rings. The number of rotatable bonds is 6. The molecule has 170 valence electrons. The summed E-state index contributed by atoms with van der Waals surface area (Å²) >= 11 is 0. The van der Waals surface area contributed by atoms with E-state index < -0.39 is 0 Å². The van der Waals surface area contributed by atoms with Gasteiger partial charge in [-0.2, -0.15) is 5.10 Å². The summed E-state index contributed by atoms with van der Waals surface area (Å²) in [6.07, 6.45) is 7.52. The Kier molecular flexibility index (Phi) is 5.92. The number of nitrogens with one attached hydrogen (secondary N) is 1. The molecule has 2 N–H and O–H groups in total. The van der Waals surface area contributed by atoms with E-state index in [0.717, 1.165) is 59.6 Å². The first-order chi connectivity index (χ1) is 16.1. The van der Waals surface area contributed by atoms with Gasteiger partial charge in [-0.25, -0.2) is 19.6 Å². The molecule has 8 nitrogen and oxygen atoms in total. The average Bonchev–Trinajstić information content (AvgIpc) is 3.27. The molecule has 0 amide bonds. The normalized spacial score (nSPS) is 16.2. The number of likely N-dealkylation sites (tertiary alicyclic amines) is 1. The van der Waals surface area contributed by atoms with Crippen LogP contribution in [0.1, 0.15) is 37.3 Å². The maximum absolute atomic E-state index is 10.1. The van der Waals surface area contributed by atoms with E-state index in [1.54, 1.807) is 12.4 Å². The first-order valence-electron chi connectivity index (χ1n) is 11.4. The highest BCUT2D eigenvalue weighted by Gasteiger charge is 2.21. The van der Waals surface area contributed by atoms with Crippen LogP contribution >= 0.6 is 0 Å². The fraction of sp³-hybridized carbons (Fsp3) is 0.360. The minimum absolute atomic E-state index is 0.132. The van der Waals surface area contributed by atoms with Crippen LogP contribution in [0.15, 0.2) is 55.1 Å². The average molecular weight is 444 g/mol. The molecule has 0 bridgehead atoms. The van der Waals surface area contributed by atoms with E-state index in [9.17, 15) is 5.11 Å². The molecule has 33 heavy (non-hydrogen) atoms. The Morgan fingerprint density at radius 1 is 1.09 bits per heavy atom. The lowest BCUT2D eigenvalue weighted by atomic mass is 10.0. The highest BCUT2D eigenvalue weighted by Crippen LogP contribution is 2.28. The fourth-order valence-corrected chi connectivity index (χ4v) is 4.47.